The molecule has 0 amide bonds. The fourth-order valence-electron chi connectivity index (χ4n) is 9.63. The summed E-state index contributed by atoms with van der Waals surface area (Å²) in [6.07, 6.45) is 78.5. The minimum atomic E-state index is -0.778. The quantitative estimate of drug-likeness (QED) is 0.0261. The molecule has 0 N–H and O–H groups in total. The van der Waals surface area contributed by atoms with Crippen LogP contribution in [-0.4, -0.2) is 37.2 Å². The van der Waals surface area contributed by atoms with Crippen LogP contribution in [0.1, 0.15) is 348 Å². The highest BCUT2D eigenvalue weighted by atomic mass is 16.6. The summed E-state index contributed by atoms with van der Waals surface area (Å²) in [7, 11) is 0. The fourth-order valence-corrected chi connectivity index (χ4v) is 9.63. The van der Waals surface area contributed by atoms with E-state index in [0.717, 1.165) is 89.9 Å². The number of carbonyl (C=O) groups is 3. The van der Waals surface area contributed by atoms with Crippen LogP contribution >= 0.6 is 0 Å². The molecule has 0 fully saturated rings. The monoisotopic (exact) mass is 1040 g/mol. The van der Waals surface area contributed by atoms with E-state index >= 15 is 0 Å². The van der Waals surface area contributed by atoms with Gasteiger partial charge >= 0.3 is 17.9 Å². The number of hydrogen-bond donors (Lipinski definition) is 0. The molecular formula is C68H124O6. The molecule has 432 valence electrons. The first-order valence-corrected chi connectivity index (χ1v) is 32.6. The molecule has 1 unspecified atom stereocenters. The smallest absolute Gasteiger partial charge is 0.306 e. The van der Waals surface area contributed by atoms with E-state index in [-0.39, 0.29) is 31.1 Å². The van der Waals surface area contributed by atoms with Crippen LogP contribution in [0.3, 0.4) is 0 Å². The molecule has 0 aliphatic carbocycles. The van der Waals surface area contributed by atoms with Gasteiger partial charge in [-0.3, -0.25) is 14.4 Å². The summed E-state index contributed by atoms with van der Waals surface area (Å²) in [5, 5.41) is 0. The minimum Gasteiger partial charge on any atom is -0.462 e. The summed E-state index contributed by atoms with van der Waals surface area (Å²) in [5.74, 6) is -0.874. The lowest BCUT2D eigenvalue weighted by molar-refractivity contribution is -0.167. The first-order valence-electron chi connectivity index (χ1n) is 32.6. The Bertz CT molecular complexity index is 1280. The maximum Gasteiger partial charge on any atom is 0.306 e. The Hall–Kier alpha value is -2.63. The number of hydrogen-bond acceptors (Lipinski definition) is 6. The Balaban J connectivity index is 4.22. The molecule has 0 radical (unpaired) electrons. The maximum absolute atomic E-state index is 12.9. The van der Waals surface area contributed by atoms with Gasteiger partial charge in [0.05, 0.1) is 0 Å². The van der Waals surface area contributed by atoms with Gasteiger partial charge in [-0.2, -0.15) is 0 Å². The van der Waals surface area contributed by atoms with Gasteiger partial charge < -0.3 is 14.2 Å². The maximum atomic E-state index is 12.9. The van der Waals surface area contributed by atoms with Gasteiger partial charge in [0, 0.05) is 19.3 Å². The molecule has 0 bridgehead atoms. The number of carbonyl (C=O) groups excluding carboxylic acids is 3. The van der Waals surface area contributed by atoms with Crippen LogP contribution in [0, 0.1) is 0 Å². The Morgan fingerprint density at radius 3 is 0.824 bits per heavy atom. The van der Waals surface area contributed by atoms with Crippen molar-refractivity contribution in [2.24, 2.45) is 0 Å². The van der Waals surface area contributed by atoms with E-state index in [1.165, 1.54) is 218 Å². The third-order valence-electron chi connectivity index (χ3n) is 14.5. The number of rotatable bonds is 60. The molecule has 0 aliphatic heterocycles. The second-order valence-corrected chi connectivity index (χ2v) is 22.0. The standard InChI is InChI=1S/C68H124O6/c1-4-7-10-13-16-19-22-24-26-28-30-32-34-36-38-40-42-44-46-49-52-55-58-61-67(70)73-64-65(63-72-66(69)60-57-54-51-48-21-18-15-12-9-6-3)74-68(71)62-59-56-53-50-47-45-43-41-39-37-35-33-31-29-27-25-23-20-17-14-11-8-5-2/h12,15,22,24,28,30,34,36,65H,4-11,13-14,16-21,23,25-27,29,31-33,35,37-64H2,1-3H3/b15-12-,24-22-,30-28-,36-34-. The zero-order valence-corrected chi connectivity index (χ0v) is 49.6. The SMILES string of the molecule is CCC/C=C\CCCCCCCC(=O)OCC(COC(=O)CCCCCCCCCC/C=C\C/C=C\C/C=C\CCCCCCC)OC(=O)CCCCCCCCCCCCCCCCCCCCCCCCC. The second kappa shape index (κ2) is 62.9. The zero-order chi connectivity index (χ0) is 53.6. The van der Waals surface area contributed by atoms with Crippen LogP contribution in [-0.2, 0) is 28.6 Å². The van der Waals surface area contributed by atoms with E-state index in [4.69, 9.17) is 14.2 Å². The fraction of sp³-hybridized carbons (Fsp3) is 0.838. The van der Waals surface area contributed by atoms with Crippen molar-refractivity contribution < 1.29 is 28.6 Å². The summed E-state index contributed by atoms with van der Waals surface area (Å²) in [6.45, 7) is 6.61. The van der Waals surface area contributed by atoms with Crippen LogP contribution in [0.15, 0.2) is 48.6 Å². The molecule has 1 atom stereocenters. The highest BCUT2D eigenvalue weighted by molar-refractivity contribution is 5.71. The third-order valence-corrected chi connectivity index (χ3v) is 14.5. The van der Waals surface area contributed by atoms with E-state index in [1.807, 2.05) is 0 Å². The highest BCUT2D eigenvalue weighted by Gasteiger charge is 2.19. The van der Waals surface area contributed by atoms with Gasteiger partial charge in [-0.1, -0.05) is 301 Å². The van der Waals surface area contributed by atoms with E-state index in [2.05, 4.69) is 69.4 Å². The summed E-state index contributed by atoms with van der Waals surface area (Å²) < 4.78 is 16.9. The van der Waals surface area contributed by atoms with Gasteiger partial charge in [-0.15, -0.1) is 0 Å². The van der Waals surface area contributed by atoms with E-state index in [9.17, 15) is 14.4 Å². The van der Waals surface area contributed by atoms with E-state index in [0.29, 0.717) is 19.3 Å². The Kier molecular flexibility index (Phi) is 60.7. The molecule has 0 heterocycles. The van der Waals surface area contributed by atoms with Crippen LogP contribution in [0.25, 0.3) is 0 Å². The number of ether oxygens (including phenoxy) is 3. The van der Waals surface area contributed by atoms with Crippen LogP contribution in [0.4, 0.5) is 0 Å². The lowest BCUT2D eigenvalue weighted by atomic mass is 10.0. The molecule has 0 aromatic carbocycles. The molecule has 0 saturated carbocycles. The molecular weight excluding hydrogens is 913 g/mol. The molecule has 6 nitrogen and oxygen atoms in total. The van der Waals surface area contributed by atoms with Gasteiger partial charge in [0.25, 0.3) is 0 Å². The highest BCUT2D eigenvalue weighted by Crippen LogP contribution is 2.18. The van der Waals surface area contributed by atoms with Crippen molar-refractivity contribution in [2.45, 2.75) is 354 Å². The minimum absolute atomic E-state index is 0.0766. The molecule has 0 spiro atoms. The van der Waals surface area contributed by atoms with Crippen molar-refractivity contribution in [3.8, 4) is 0 Å². The molecule has 0 aliphatic rings. The van der Waals surface area contributed by atoms with Crippen molar-refractivity contribution in [2.75, 3.05) is 13.2 Å². The van der Waals surface area contributed by atoms with Crippen molar-refractivity contribution in [3.05, 3.63) is 48.6 Å². The molecule has 74 heavy (non-hydrogen) atoms. The van der Waals surface area contributed by atoms with Crippen molar-refractivity contribution in [3.63, 3.8) is 0 Å². The summed E-state index contributed by atoms with van der Waals surface area (Å²) in [6, 6.07) is 0. The average Bonchev–Trinajstić information content (AvgIpc) is 3.40. The normalized spacial score (nSPS) is 12.3. The van der Waals surface area contributed by atoms with Crippen molar-refractivity contribution >= 4 is 17.9 Å². The summed E-state index contributed by atoms with van der Waals surface area (Å²) in [4.78, 5) is 38.2. The van der Waals surface area contributed by atoms with Crippen LogP contribution in [0.5, 0.6) is 0 Å². The predicted octanol–water partition coefficient (Wildman–Crippen LogP) is 22.2. The van der Waals surface area contributed by atoms with Gasteiger partial charge in [0.1, 0.15) is 13.2 Å². The Labute approximate surface area is 460 Å². The first-order chi connectivity index (χ1) is 36.5. The molecule has 0 rings (SSSR count). The van der Waals surface area contributed by atoms with Gasteiger partial charge in [-0.05, 0) is 77.0 Å². The first kappa shape index (κ1) is 71.4. The van der Waals surface area contributed by atoms with Gasteiger partial charge in [0.2, 0.25) is 0 Å². The lowest BCUT2D eigenvalue weighted by Gasteiger charge is -2.18. The van der Waals surface area contributed by atoms with Crippen LogP contribution in [0.2, 0.25) is 0 Å². The predicted molar refractivity (Wildman–Crippen MR) is 321 cm³/mol. The third kappa shape index (κ3) is 60.2. The Morgan fingerprint density at radius 1 is 0.270 bits per heavy atom. The summed E-state index contributed by atoms with van der Waals surface area (Å²) >= 11 is 0. The molecule has 0 saturated heterocycles. The Morgan fingerprint density at radius 2 is 0.514 bits per heavy atom. The molecule has 0 aromatic heterocycles. The molecule has 0 aromatic rings. The van der Waals surface area contributed by atoms with Gasteiger partial charge in [0.15, 0.2) is 6.10 Å². The average molecular weight is 1040 g/mol. The van der Waals surface area contributed by atoms with Crippen LogP contribution < -0.4 is 0 Å². The summed E-state index contributed by atoms with van der Waals surface area (Å²) in [5.41, 5.74) is 0. The lowest BCUT2D eigenvalue weighted by Crippen LogP contribution is -2.30. The van der Waals surface area contributed by atoms with Crippen molar-refractivity contribution in [1.82, 2.24) is 0 Å². The van der Waals surface area contributed by atoms with Crippen molar-refractivity contribution in [1.29, 1.82) is 0 Å². The molecule has 6 heteroatoms. The topological polar surface area (TPSA) is 78.9 Å². The largest absolute Gasteiger partial charge is 0.462 e. The number of esters is 3. The number of allylic oxidation sites excluding steroid dienone is 8. The van der Waals surface area contributed by atoms with E-state index < -0.39 is 6.10 Å². The van der Waals surface area contributed by atoms with E-state index in [1.54, 1.807) is 0 Å². The van der Waals surface area contributed by atoms with Gasteiger partial charge in [-0.25, -0.2) is 0 Å². The number of unbranched alkanes of at least 4 members (excludes halogenated alkanes) is 41. The second-order valence-electron chi connectivity index (χ2n) is 22.0. The zero-order valence-electron chi connectivity index (χ0n) is 49.6.